The van der Waals surface area contributed by atoms with Crippen LogP contribution in [0.1, 0.15) is 5.01 Å². The summed E-state index contributed by atoms with van der Waals surface area (Å²) in [7, 11) is 3.19. The number of allylic oxidation sites excluding steroid dienone is 1. The van der Waals surface area contributed by atoms with Gasteiger partial charge in [0.05, 0.1) is 30.1 Å². The molecule has 0 aliphatic heterocycles. The first-order valence-corrected chi connectivity index (χ1v) is 8.01. The number of aromatic nitrogens is 1. The minimum atomic E-state index is 0.467. The largest absolute Gasteiger partial charge is 0.497 e. The second-order valence-corrected chi connectivity index (χ2v) is 5.90. The molecule has 24 heavy (non-hydrogen) atoms. The van der Waals surface area contributed by atoms with Crippen LogP contribution in [0.2, 0.25) is 0 Å². The molecule has 0 fully saturated rings. The van der Waals surface area contributed by atoms with Crippen LogP contribution in [0.15, 0.2) is 48.7 Å². The molecule has 0 saturated carbocycles. The lowest BCUT2D eigenvalue weighted by Gasteiger charge is -2.10. The lowest BCUT2D eigenvalue weighted by molar-refractivity contribution is 0.395. The number of para-hydroxylation sites is 1. The van der Waals surface area contributed by atoms with Gasteiger partial charge < -0.3 is 14.8 Å². The Morgan fingerprint density at radius 1 is 1.21 bits per heavy atom. The molecule has 5 nitrogen and oxygen atoms in total. The summed E-state index contributed by atoms with van der Waals surface area (Å²) in [6.07, 6.45) is 1.64. The summed E-state index contributed by atoms with van der Waals surface area (Å²) >= 11 is 1.49. The molecule has 3 aromatic rings. The zero-order chi connectivity index (χ0) is 16.9. The molecule has 1 N–H and O–H groups in total. The quantitative estimate of drug-likeness (QED) is 0.704. The van der Waals surface area contributed by atoms with Gasteiger partial charge in [-0.2, -0.15) is 5.26 Å². The second kappa shape index (κ2) is 7.02. The van der Waals surface area contributed by atoms with Gasteiger partial charge in [-0.25, -0.2) is 4.98 Å². The van der Waals surface area contributed by atoms with Crippen molar-refractivity contribution in [1.29, 1.82) is 5.26 Å². The van der Waals surface area contributed by atoms with Crippen LogP contribution in [-0.2, 0) is 0 Å². The highest BCUT2D eigenvalue weighted by atomic mass is 32.1. The Morgan fingerprint density at radius 3 is 2.75 bits per heavy atom. The molecule has 0 saturated heterocycles. The van der Waals surface area contributed by atoms with Crippen LogP contribution in [0.3, 0.4) is 0 Å². The zero-order valence-electron chi connectivity index (χ0n) is 13.2. The van der Waals surface area contributed by atoms with E-state index in [1.807, 2.05) is 36.4 Å². The summed E-state index contributed by atoms with van der Waals surface area (Å²) in [5.74, 6) is 1.33. The number of hydrogen-bond acceptors (Lipinski definition) is 6. The van der Waals surface area contributed by atoms with Gasteiger partial charge in [-0.3, -0.25) is 0 Å². The van der Waals surface area contributed by atoms with E-state index >= 15 is 0 Å². The lowest BCUT2D eigenvalue weighted by Crippen LogP contribution is -1.95. The van der Waals surface area contributed by atoms with Crippen LogP contribution in [-0.4, -0.2) is 19.2 Å². The van der Waals surface area contributed by atoms with Crippen molar-refractivity contribution < 1.29 is 9.47 Å². The van der Waals surface area contributed by atoms with Gasteiger partial charge in [0.2, 0.25) is 0 Å². The number of methoxy groups -OCH3 is 2. The van der Waals surface area contributed by atoms with Gasteiger partial charge in [-0.15, -0.1) is 11.3 Å². The molecule has 2 aromatic carbocycles. The van der Waals surface area contributed by atoms with Gasteiger partial charge in [0.15, 0.2) is 0 Å². The molecule has 0 aliphatic rings. The molecule has 0 aliphatic carbocycles. The van der Waals surface area contributed by atoms with Crippen molar-refractivity contribution in [3.05, 3.63) is 53.7 Å². The van der Waals surface area contributed by atoms with Crippen molar-refractivity contribution in [2.24, 2.45) is 0 Å². The molecule has 0 amide bonds. The molecule has 1 aromatic heterocycles. The molecule has 0 radical (unpaired) electrons. The third-order valence-electron chi connectivity index (χ3n) is 3.43. The Morgan fingerprint density at radius 2 is 2.04 bits per heavy atom. The van der Waals surface area contributed by atoms with E-state index in [0.717, 1.165) is 15.9 Å². The average Bonchev–Trinajstić information content (AvgIpc) is 3.06. The number of fused-ring (bicyclic) bond motifs is 1. The van der Waals surface area contributed by atoms with Gasteiger partial charge in [-0.1, -0.05) is 12.1 Å². The maximum Gasteiger partial charge on any atom is 0.145 e. The number of benzene rings is 2. The molecule has 0 spiro atoms. The number of nitriles is 1. The minimum absolute atomic E-state index is 0.467. The van der Waals surface area contributed by atoms with E-state index in [2.05, 4.69) is 16.4 Å². The van der Waals surface area contributed by atoms with Crippen molar-refractivity contribution in [3.8, 4) is 17.6 Å². The highest BCUT2D eigenvalue weighted by Crippen LogP contribution is 2.30. The van der Waals surface area contributed by atoms with E-state index < -0.39 is 0 Å². The van der Waals surface area contributed by atoms with Gasteiger partial charge in [0.25, 0.3) is 0 Å². The Kier molecular flexibility index (Phi) is 4.64. The first-order valence-electron chi connectivity index (χ1n) is 7.20. The van der Waals surface area contributed by atoms with Crippen LogP contribution in [0.4, 0.5) is 5.69 Å². The topological polar surface area (TPSA) is 67.2 Å². The monoisotopic (exact) mass is 337 g/mol. The molecule has 3 rings (SSSR count). The van der Waals surface area contributed by atoms with E-state index in [-0.39, 0.29) is 0 Å². The Bertz CT molecular complexity index is 908. The first kappa shape index (κ1) is 15.8. The summed E-state index contributed by atoms with van der Waals surface area (Å²) < 4.78 is 11.6. The number of rotatable bonds is 5. The number of anilines is 1. The molecule has 6 heteroatoms. The lowest BCUT2D eigenvalue weighted by atomic mass is 10.2. The van der Waals surface area contributed by atoms with Crippen LogP contribution >= 0.6 is 11.3 Å². The number of hydrogen-bond donors (Lipinski definition) is 1. The molecule has 0 atom stereocenters. The fraction of sp³-hybridized carbons (Fsp3) is 0.111. The summed E-state index contributed by atoms with van der Waals surface area (Å²) in [5, 5.41) is 13.2. The van der Waals surface area contributed by atoms with Crippen LogP contribution in [0, 0.1) is 11.3 Å². The number of ether oxygens (including phenoxy) is 2. The summed E-state index contributed by atoms with van der Waals surface area (Å²) in [4.78, 5) is 4.50. The summed E-state index contributed by atoms with van der Waals surface area (Å²) in [6.45, 7) is 0. The highest BCUT2D eigenvalue weighted by molar-refractivity contribution is 7.19. The maximum atomic E-state index is 9.45. The molecular weight excluding hydrogens is 322 g/mol. The third-order valence-corrected chi connectivity index (χ3v) is 4.50. The molecule has 120 valence electrons. The average molecular weight is 337 g/mol. The van der Waals surface area contributed by atoms with Gasteiger partial charge in [-0.05, 0) is 24.3 Å². The van der Waals surface area contributed by atoms with Gasteiger partial charge >= 0.3 is 0 Å². The number of thiazole rings is 1. The normalized spacial score (nSPS) is 11.1. The van der Waals surface area contributed by atoms with Crippen molar-refractivity contribution in [3.63, 3.8) is 0 Å². The Labute approximate surface area is 143 Å². The molecule has 0 unspecified atom stereocenters. The molecular formula is C18H15N3O2S. The van der Waals surface area contributed by atoms with E-state index in [9.17, 15) is 5.26 Å². The van der Waals surface area contributed by atoms with Crippen LogP contribution in [0.5, 0.6) is 11.5 Å². The van der Waals surface area contributed by atoms with E-state index in [1.165, 1.54) is 11.3 Å². The SMILES string of the molecule is COc1ccc(NC=C(C#N)c2nc3ccccc3s2)c(OC)c1. The smallest absolute Gasteiger partial charge is 0.145 e. The fourth-order valence-corrected chi connectivity index (χ4v) is 3.13. The van der Waals surface area contributed by atoms with Crippen molar-refractivity contribution in [1.82, 2.24) is 4.98 Å². The fourth-order valence-electron chi connectivity index (χ4n) is 2.20. The second-order valence-electron chi connectivity index (χ2n) is 4.87. The van der Waals surface area contributed by atoms with Gasteiger partial charge in [0, 0.05) is 12.3 Å². The molecule has 1 heterocycles. The number of nitrogens with one attached hydrogen (secondary N) is 1. The van der Waals surface area contributed by atoms with Crippen molar-refractivity contribution in [2.75, 3.05) is 19.5 Å². The van der Waals surface area contributed by atoms with Crippen LogP contribution in [0.25, 0.3) is 15.8 Å². The standard InChI is InChI=1S/C18H15N3O2S/c1-22-13-7-8-14(16(9-13)23-2)20-11-12(10-19)18-21-15-5-3-4-6-17(15)24-18/h3-9,11,20H,1-2H3. The predicted octanol–water partition coefficient (Wildman–Crippen LogP) is 4.29. The summed E-state index contributed by atoms with van der Waals surface area (Å²) in [6, 6.07) is 15.4. The Hall–Kier alpha value is -3.04. The first-order chi connectivity index (χ1) is 11.7. The minimum Gasteiger partial charge on any atom is -0.497 e. The van der Waals surface area contributed by atoms with E-state index in [4.69, 9.17) is 9.47 Å². The highest BCUT2D eigenvalue weighted by Gasteiger charge is 2.09. The number of nitrogens with zero attached hydrogens (tertiary/aromatic N) is 2. The van der Waals surface area contributed by atoms with Gasteiger partial charge in [0.1, 0.15) is 28.1 Å². The third kappa shape index (κ3) is 3.16. The predicted molar refractivity (Wildman–Crippen MR) is 96.4 cm³/mol. The van der Waals surface area contributed by atoms with Crippen LogP contribution < -0.4 is 14.8 Å². The zero-order valence-corrected chi connectivity index (χ0v) is 14.1. The van der Waals surface area contributed by atoms with Crippen molar-refractivity contribution >= 4 is 32.8 Å². The maximum absolute atomic E-state index is 9.45. The van der Waals surface area contributed by atoms with Crippen molar-refractivity contribution in [2.45, 2.75) is 0 Å². The van der Waals surface area contributed by atoms with E-state index in [1.54, 1.807) is 26.5 Å². The Balaban J connectivity index is 1.90. The van der Waals surface area contributed by atoms with E-state index in [0.29, 0.717) is 22.1 Å². The summed E-state index contributed by atoms with van der Waals surface area (Å²) in [5.41, 5.74) is 2.10. The molecule has 0 bridgehead atoms.